The highest BCUT2D eigenvalue weighted by Crippen LogP contribution is 2.35. The van der Waals surface area contributed by atoms with E-state index < -0.39 is 36.0 Å². The van der Waals surface area contributed by atoms with Crippen LogP contribution in [0.2, 0.25) is 0 Å². The van der Waals surface area contributed by atoms with Gasteiger partial charge in [0.1, 0.15) is 0 Å². The van der Waals surface area contributed by atoms with Gasteiger partial charge in [-0.1, -0.05) is 13.2 Å². The molecule has 0 aliphatic carbocycles. The van der Waals surface area contributed by atoms with Crippen molar-refractivity contribution in [2.45, 2.75) is 44.8 Å². The molecule has 146 valence electrons. The molecule has 0 aliphatic rings. The summed E-state index contributed by atoms with van der Waals surface area (Å²) < 4.78 is 103. The lowest BCUT2D eigenvalue weighted by Crippen LogP contribution is -2.41. The highest BCUT2D eigenvalue weighted by Gasteiger charge is 2.57. The zero-order chi connectivity index (χ0) is 20.9. The summed E-state index contributed by atoms with van der Waals surface area (Å²) in [6.45, 7) is 6.72. The average Bonchev–Trinajstić information content (AvgIpc) is 2.35. The van der Waals surface area contributed by atoms with E-state index in [1.807, 2.05) is 0 Å². The summed E-state index contributed by atoms with van der Waals surface area (Å²) in [7, 11) is 0. The van der Waals surface area contributed by atoms with E-state index in [2.05, 4.69) is 22.6 Å². The Bertz CT molecular complexity index is 517. The van der Waals surface area contributed by atoms with E-state index in [1.165, 1.54) is 0 Å². The summed E-state index contributed by atoms with van der Waals surface area (Å²) in [6, 6.07) is 0. The molecule has 0 aromatic heterocycles. The Balaban J connectivity index is 0. The highest BCUT2D eigenvalue weighted by molar-refractivity contribution is 5.87. The van der Waals surface area contributed by atoms with Crippen LogP contribution in [0.3, 0.4) is 0 Å². The van der Waals surface area contributed by atoms with Crippen LogP contribution in [-0.2, 0) is 19.1 Å². The first-order chi connectivity index (χ1) is 10.8. The van der Waals surface area contributed by atoms with Crippen LogP contribution in [0.25, 0.3) is 0 Å². The summed E-state index contributed by atoms with van der Waals surface area (Å²) in [4.78, 5) is 20.6. The first kappa shape index (κ1) is 25.1. The minimum atomic E-state index is -4.80. The first-order valence-corrected chi connectivity index (χ1v) is 6.04. The standard InChI is InChI=1S/C7H8F4O2.C6H6F4O2/c1-4(2)5(12)13-7(10,11)6(3,8)9;1-3-4(11)12-6(9,10)5(2,7)8/h1H2,2-3H3;3H,1H2,2H3. The van der Waals surface area contributed by atoms with Crippen LogP contribution in [0, 0.1) is 0 Å². The molecule has 0 aromatic carbocycles. The van der Waals surface area contributed by atoms with E-state index in [1.54, 1.807) is 0 Å². The smallest absolute Gasteiger partial charge is 0.393 e. The number of esters is 2. The van der Waals surface area contributed by atoms with Gasteiger partial charge in [-0.15, -0.1) is 0 Å². The number of halogens is 8. The molecule has 0 bridgehead atoms. The predicted octanol–water partition coefficient (Wildman–Crippen LogP) is 4.32. The molecule has 0 unspecified atom stereocenters. The maximum absolute atomic E-state index is 12.3. The van der Waals surface area contributed by atoms with Crippen molar-refractivity contribution in [3.63, 3.8) is 0 Å². The maximum Gasteiger partial charge on any atom is 0.466 e. The molecule has 0 atom stereocenters. The van der Waals surface area contributed by atoms with E-state index in [0.717, 1.165) is 6.92 Å². The fourth-order valence-electron chi connectivity index (χ4n) is 0.551. The second-order valence-corrected chi connectivity index (χ2v) is 4.61. The molecule has 0 aromatic rings. The molecule has 0 amide bonds. The molecule has 12 heteroatoms. The molecule has 0 heterocycles. The number of carbonyl (C=O) groups excluding carboxylic acids is 2. The van der Waals surface area contributed by atoms with Crippen LogP contribution in [0.1, 0.15) is 20.8 Å². The maximum atomic E-state index is 12.3. The lowest BCUT2D eigenvalue weighted by molar-refractivity contribution is -0.323. The first-order valence-electron chi connectivity index (χ1n) is 6.04. The van der Waals surface area contributed by atoms with Gasteiger partial charge < -0.3 is 9.47 Å². The minimum Gasteiger partial charge on any atom is -0.393 e. The molecule has 0 spiro atoms. The molecular weight excluding hydrogens is 372 g/mol. The quantitative estimate of drug-likeness (QED) is 0.388. The van der Waals surface area contributed by atoms with Crippen molar-refractivity contribution in [2.24, 2.45) is 0 Å². The van der Waals surface area contributed by atoms with Crippen LogP contribution in [0.5, 0.6) is 0 Å². The van der Waals surface area contributed by atoms with E-state index in [4.69, 9.17) is 0 Å². The lowest BCUT2D eigenvalue weighted by atomic mass is 10.3. The third kappa shape index (κ3) is 8.49. The van der Waals surface area contributed by atoms with Crippen molar-refractivity contribution in [1.29, 1.82) is 0 Å². The molecule has 0 radical (unpaired) electrons. The molecular formula is C13H14F8O4. The number of carbonyl (C=O) groups is 2. The van der Waals surface area contributed by atoms with Crippen molar-refractivity contribution in [1.82, 2.24) is 0 Å². The van der Waals surface area contributed by atoms with Gasteiger partial charge in [0.05, 0.1) is 0 Å². The number of rotatable bonds is 6. The van der Waals surface area contributed by atoms with E-state index in [9.17, 15) is 44.7 Å². The second-order valence-electron chi connectivity index (χ2n) is 4.61. The van der Waals surface area contributed by atoms with Crippen molar-refractivity contribution in [3.8, 4) is 0 Å². The van der Waals surface area contributed by atoms with Gasteiger partial charge in [0.15, 0.2) is 0 Å². The fraction of sp³-hybridized carbons (Fsp3) is 0.538. The molecule has 4 nitrogen and oxygen atoms in total. The van der Waals surface area contributed by atoms with Gasteiger partial charge in [-0.05, 0) is 6.92 Å². The Kier molecular flexibility index (Phi) is 8.33. The Hall–Kier alpha value is -2.14. The molecule has 0 N–H and O–H groups in total. The normalized spacial score (nSPS) is 12.4. The van der Waals surface area contributed by atoms with Gasteiger partial charge in [0, 0.05) is 25.5 Å². The molecule has 0 saturated carbocycles. The van der Waals surface area contributed by atoms with Crippen molar-refractivity contribution < 1.29 is 54.2 Å². The zero-order valence-electron chi connectivity index (χ0n) is 13.1. The van der Waals surface area contributed by atoms with Crippen molar-refractivity contribution in [3.05, 3.63) is 24.8 Å². The van der Waals surface area contributed by atoms with Gasteiger partial charge in [-0.3, -0.25) is 0 Å². The van der Waals surface area contributed by atoms with Gasteiger partial charge >= 0.3 is 36.0 Å². The van der Waals surface area contributed by atoms with Crippen LogP contribution >= 0.6 is 0 Å². The zero-order valence-corrected chi connectivity index (χ0v) is 13.1. The SMILES string of the molecule is C=C(C)C(=O)OC(F)(F)C(C)(F)F.C=CC(=O)OC(F)(F)C(C)(F)F. The van der Waals surface area contributed by atoms with Gasteiger partial charge in [-0.2, -0.15) is 35.1 Å². The summed E-state index contributed by atoms with van der Waals surface area (Å²) in [5.74, 6) is -11.9. The summed E-state index contributed by atoms with van der Waals surface area (Å²) >= 11 is 0. The monoisotopic (exact) mass is 386 g/mol. The highest BCUT2D eigenvalue weighted by atomic mass is 19.3. The largest absolute Gasteiger partial charge is 0.466 e. The molecule has 0 rings (SSSR count). The van der Waals surface area contributed by atoms with E-state index in [-0.39, 0.29) is 19.4 Å². The number of hydrogen-bond donors (Lipinski definition) is 0. The lowest BCUT2D eigenvalue weighted by Gasteiger charge is -2.21. The third-order valence-electron chi connectivity index (χ3n) is 1.99. The second kappa shape index (κ2) is 8.30. The molecule has 0 saturated heterocycles. The Morgan fingerprint density at radius 2 is 1.16 bits per heavy atom. The van der Waals surface area contributed by atoms with Crippen molar-refractivity contribution in [2.75, 3.05) is 0 Å². The summed E-state index contributed by atoms with van der Waals surface area (Å²) in [6.07, 6.45) is -9.22. The Morgan fingerprint density at radius 1 is 0.840 bits per heavy atom. The van der Waals surface area contributed by atoms with Crippen LogP contribution in [-0.4, -0.2) is 36.0 Å². The number of ether oxygens (including phenoxy) is 2. The third-order valence-corrected chi connectivity index (χ3v) is 1.99. The number of alkyl halides is 8. The predicted molar refractivity (Wildman–Crippen MR) is 68.3 cm³/mol. The minimum absolute atomic E-state index is 0.0430. The Labute approximate surface area is 137 Å². The van der Waals surface area contributed by atoms with E-state index >= 15 is 0 Å². The molecule has 25 heavy (non-hydrogen) atoms. The van der Waals surface area contributed by atoms with Gasteiger partial charge in [-0.25, -0.2) is 9.59 Å². The van der Waals surface area contributed by atoms with Gasteiger partial charge in [0.25, 0.3) is 0 Å². The van der Waals surface area contributed by atoms with Crippen molar-refractivity contribution >= 4 is 11.9 Å². The molecule has 0 aliphatic heterocycles. The van der Waals surface area contributed by atoms with Gasteiger partial charge in [0.2, 0.25) is 0 Å². The van der Waals surface area contributed by atoms with Crippen LogP contribution < -0.4 is 0 Å². The Morgan fingerprint density at radius 3 is 1.40 bits per heavy atom. The fourth-order valence-corrected chi connectivity index (χ4v) is 0.551. The summed E-state index contributed by atoms with van der Waals surface area (Å²) in [5, 5.41) is 0. The van der Waals surface area contributed by atoms with Crippen LogP contribution in [0.15, 0.2) is 24.8 Å². The topological polar surface area (TPSA) is 52.6 Å². The number of hydrogen-bond acceptors (Lipinski definition) is 4. The average molecular weight is 386 g/mol. The van der Waals surface area contributed by atoms with Crippen LogP contribution in [0.4, 0.5) is 35.1 Å². The summed E-state index contributed by atoms with van der Waals surface area (Å²) in [5.41, 5.74) is -0.371. The molecule has 0 fully saturated rings. The van der Waals surface area contributed by atoms with E-state index in [0.29, 0.717) is 6.08 Å².